The molecule has 3 N–H and O–H groups in total. The van der Waals surface area contributed by atoms with Crippen LogP contribution in [0.5, 0.6) is 0 Å². The average molecular weight is 268 g/mol. The van der Waals surface area contributed by atoms with Crippen LogP contribution in [0.1, 0.15) is 57.8 Å². The molecule has 2 fully saturated rings. The number of aliphatic carboxylic acids is 1. The van der Waals surface area contributed by atoms with E-state index in [1.54, 1.807) is 0 Å². The van der Waals surface area contributed by atoms with E-state index in [2.05, 4.69) is 10.6 Å². The predicted octanol–water partition coefficient (Wildman–Crippen LogP) is 2.26. The topological polar surface area (TPSA) is 78.4 Å². The number of amides is 2. The van der Waals surface area contributed by atoms with Crippen LogP contribution in [0.15, 0.2) is 0 Å². The van der Waals surface area contributed by atoms with Crippen molar-refractivity contribution in [3.8, 4) is 0 Å². The maximum atomic E-state index is 11.8. The first kappa shape index (κ1) is 14.2. The lowest BCUT2D eigenvalue weighted by Gasteiger charge is -2.28. The fourth-order valence-electron chi connectivity index (χ4n) is 2.97. The van der Waals surface area contributed by atoms with Crippen molar-refractivity contribution in [2.75, 3.05) is 6.54 Å². The van der Waals surface area contributed by atoms with Crippen LogP contribution in [0.4, 0.5) is 4.79 Å². The van der Waals surface area contributed by atoms with Gasteiger partial charge in [0.15, 0.2) is 0 Å². The van der Waals surface area contributed by atoms with Gasteiger partial charge in [-0.2, -0.15) is 0 Å². The van der Waals surface area contributed by atoms with Crippen LogP contribution >= 0.6 is 0 Å². The molecule has 0 spiro atoms. The number of carboxylic acids is 1. The number of rotatable bonds is 7. The second-order valence-electron chi connectivity index (χ2n) is 6.02. The molecule has 5 heteroatoms. The molecule has 19 heavy (non-hydrogen) atoms. The summed E-state index contributed by atoms with van der Waals surface area (Å²) in [6, 6.07) is -0.209. The lowest BCUT2D eigenvalue weighted by Crippen LogP contribution is -2.51. The zero-order chi connectivity index (χ0) is 13.7. The van der Waals surface area contributed by atoms with E-state index in [0.29, 0.717) is 6.54 Å². The Labute approximate surface area is 114 Å². The van der Waals surface area contributed by atoms with Gasteiger partial charge in [-0.1, -0.05) is 25.7 Å². The molecule has 0 unspecified atom stereocenters. The largest absolute Gasteiger partial charge is 0.481 e. The fourth-order valence-corrected chi connectivity index (χ4v) is 2.97. The maximum absolute atomic E-state index is 11.8. The molecule has 0 heterocycles. The van der Waals surface area contributed by atoms with E-state index in [4.69, 9.17) is 5.11 Å². The zero-order valence-electron chi connectivity index (χ0n) is 11.4. The highest BCUT2D eigenvalue weighted by Crippen LogP contribution is 2.33. The minimum atomic E-state index is -0.837. The molecule has 0 radical (unpaired) electrons. The molecule has 2 aliphatic rings. The van der Waals surface area contributed by atoms with E-state index in [1.807, 2.05) is 0 Å². The summed E-state index contributed by atoms with van der Waals surface area (Å²) in [4.78, 5) is 22.7. The van der Waals surface area contributed by atoms with Gasteiger partial charge in [0.05, 0.1) is 12.0 Å². The Morgan fingerprint density at radius 1 is 1.21 bits per heavy atom. The van der Waals surface area contributed by atoms with Gasteiger partial charge in [0.1, 0.15) is 0 Å². The van der Waals surface area contributed by atoms with E-state index in [9.17, 15) is 9.59 Å². The Hall–Kier alpha value is -1.26. The highest BCUT2D eigenvalue weighted by Gasteiger charge is 2.37. The third-order valence-corrected chi connectivity index (χ3v) is 4.20. The minimum Gasteiger partial charge on any atom is -0.481 e. The summed E-state index contributed by atoms with van der Waals surface area (Å²) >= 11 is 0. The van der Waals surface area contributed by atoms with Crippen molar-refractivity contribution in [3.05, 3.63) is 0 Å². The third kappa shape index (κ3) is 4.73. The van der Waals surface area contributed by atoms with Gasteiger partial charge in [0.25, 0.3) is 0 Å². The first-order valence-electron chi connectivity index (χ1n) is 7.37. The molecular weight excluding hydrogens is 244 g/mol. The Kier molecular flexibility index (Phi) is 4.66. The van der Waals surface area contributed by atoms with Gasteiger partial charge in [-0.25, -0.2) is 4.79 Å². The van der Waals surface area contributed by atoms with Crippen molar-refractivity contribution in [2.24, 2.45) is 5.92 Å². The van der Waals surface area contributed by atoms with E-state index in [1.165, 1.54) is 19.3 Å². The maximum Gasteiger partial charge on any atom is 0.315 e. The number of hydrogen-bond donors (Lipinski definition) is 3. The summed E-state index contributed by atoms with van der Waals surface area (Å²) in [5, 5.41) is 14.7. The van der Waals surface area contributed by atoms with E-state index in [0.717, 1.165) is 38.0 Å². The number of urea groups is 1. The van der Waals surface area contributed by atoms with Gasteiger partial charge in [-0.05, 0) is 31.6 Å². The monoisotopic (exact) mass is 268 g/mol. The molecule has 5 nitrogen and oxygen atoms in total. The Balaban J connectivity index is 1.69. The standard InChI is InChI=1S/C14H24N2O3/c17-12(18)10-14(7-1-2-8-14)16-13(19)15-9-3-4-11-5-6-11/h11H,1-10H2,(H,17,18)(H2,15,16,19). The van der Waals surface area contributed by atoms with Crippen LogP contribution in [0.25, 0.3) is 0 Å². The van der Waals surface area contributed by atoms with Gasteiger partial charge in [0.2, 0.25) is 0 Å². The van der Waals surface area contributed by atoms with Gasteiger partial charge < -0.3 is 15.7 Å². The molecule has 0 aromatic carbocycles. The molecule has 0 atom stereocenters. The van der Waals surface area contributed by atoms with Crippen molar-refractivity contribution in [3.63, 3.8) is 0 Å². The summed E-state index contributed by atoms with van der Waals surface area (Å²) in [5.41, 5.74) is -0.521. The van der Waals surface area contributed by atoms with Gasteiger partial charge >= 0.3 is 12.0 Å². The highest BCUT2D eigenvalue weighted by atomic mass is 16.4. The van der Waals surface area contributed by atoms with Crippen molar-refractivity contribution in [1.29, 1.82) is 0 Å². The van der Waals surface area contributed by atoms with Crippen LogP contribution in [-0.2, 0) is 4.79 Å². The number of carbonyl (C=O) groups excluding carboxylic acids is 1. The zero-order valence-corrected chi connectivity index (χ0v) is 11.4. The van der Waals surface area contributed by atoms with Crippen LogP contribution < -0.4 is 10.6 Å². The smallest absolute Gasteiger partial charge is 0.315 e. The van der Waals surface area contributed by atoms with Crippen LogP contribution in [-0.4, -0.2) is 29.2 Å². The van der Waals surface area contributed by atoms with E-state index in [-0.39, 0.29) is 12.5 Å². The van der Waals surface area contributed by atoms with Crippen LogP contribution in [0.3, 0.4) is 0 Å². The molecule has 108 valence electrons. The normalized spacial score (nSPS) is 21.1. The molecule has 0 bridgehead atoms. The van der Waals surface area contributed by atoms with Gasteiger partial charge in [0, 0.05) is 6.54 Å². The molecule has 2 rings (SSSR count). The Bertz CT molecular complexity index is 334. The van der Waals surface area contributed by atoms with Crippen LogP contribution in [0.2, 0.25) is 0 Å². The van der Waals surface area contributed by atoms with Crippen molar-refractivity contribution in [1.82, 2.24) is 10.6 Å². The van der Waals surface area contributed by atoms with E-state index >= 15 is 0 Å². The number of carboxylic acid groups (broad SMARTS) is 1. The summed E-state index contributed by atoms with van der Waals surface area (Å²) in [5.74, 6) is 0.0500. The predicted molar refractivity (Wildman–Crippen MR) is 71.9 cm³/mol. The molecule has 0 aromatic heterocycles. The first-order chi connectivity index (χ1) is 9.10. The lowest BCUT2D eigenvalue weighted by atomic mass is 9.93. The summed E-state index contributed by atoms with van der Waals surface area (Å²) in [6.07, 6.45) is 8.46. The van der Waals surface area contributed by atoms with E-state index < -0.39 is 11.5 Å². The molecule has 2 amide bonds. The molecule has 0 aromatic rings. The second-order valence-corrected chi connectivity index (χ2v) is 6.02. The quantitative estimate of drug-likeness (QED) is 0.620. The molecular formula is C14H24N2O3. The second kappa shape index (κ2) is 6.26. The molecule has 0 aliphatic heterocycles. The summed E-state index contributed by atoms with van der Waals surface area (Å²) in [7, 11) is 0. The van der Waals surface area contributed by atoms with Gasteiger partial charge in [-0.15, -0.1) is 0 Å². The Morgan fingerprint density at radius 2 is 1.89 bits per heavy atom. The summed E-state index contributed by atoms with van der Waals surface area (Å²) in [6.45, 7) is 0.686. The number of carbonyl (C=O) groups is 2. The number of nitrogens with one attached hydrogen (secondary N) is 2. The van der Waals surface area contributed by atoms with Crippen molar-refractivity contribution >= 4 is 12.0 Å². The molecule has 0 saturated heterocycles. The lowest BCUT2D eigenvalue weighted by molar-refractivity contribution is -0.138. The van der Waals surface area contributed by atoms with Crippen LogP contribution in [0, 0.1) is 5.92 Å². The third-order valence-electron chi connectivity index (χ3n) is 4.20. The number of hydrogen-bond acceptors (Lipinski definition) is 2. The highest BCUT2D eigenvalue weighted by molar-refractivity contribution is 5.76. The fraction of sp³-hybridized carbons (Fsp3) is 0.857. The van der Waals surface area contributed by atoms with Gasteiger partial charge in [-0.3, -0.25) is 4.79 Å². The SMILES string of the molecule is O=C(O)CC1(NC(=O)NCCCC2CC2)CCCC1. The first-order valence-corrected chi connectivity index (χ1v) is 7.37. The van der Waals surface area contributed by atoms with Crippen molar-refractivity contribution < 1.29 is 14.7 Å². The Morgan fingerprint density at radius 3 is 2.47 bits per heavy atom. The summed E-state index contributed by atoms with van der Waals surface area (Å²) < 4.78 is 0. The van der Waals surface area contributed by atoms with Crippen molar-refractivity contribution in [2.45, 2.75) is 63.3 Å². The molecule has 2 aliphatic carbocycles. The average Bonchev–Trinajstić information content (AvgIpc) is 3.05. The molecule has 2 saturated carbocycles. The minimum absolute atomic E-state index is 0.0303.